The van der Waals surface area contributed by atoms with Gasteiger partial charge in [0.05, 0.1) is 11.5 Å². The summed E-state index contributed by atoms with van der Waals surface area (Å²) < 4.78 is 23.2. The molecule has 2 aliphatic rings. The molecule has 124 valence electrons. The molecule has 0 unspecified atom stereocenters. The lowest BCUT2D eigenvalue weighted by Crippen LogP contribution is -2.52. The largest absolute Gasteiger partial charge is 0.337 e. The van der Waals surface area contributed by atoms with Crippen molar-refractivity contribution in [2.45, 2.75) is 12.5 Å². The van der Waals surface area contributed by atoms with Crippen molar-refractivity contribution in [1.29, 1.82) is 0 Å². The Labute approximate surface area is 137 Å². The molecule has 0 saturated carbocycles. The third kappa shape index (κ3) is 4.20. The first-order valence-corrected chi connectivity index (χ1v) is 9.82. The Kier molecular flexibility index (Phi) is 4.82. The van der Waals surface area contributed by atoms with Crippen LogP contribution in [0.4, 0.5) is 0 Å². The van der Waals surface area contributed by atoms with Crippen LogP contribution in [0.25, 0.3) is 6.08 Å². The molecule has 1 aromatic carbocycles. The number of carbonyl (C=O) groups is 1. The molecule has 2 aliphatic heterocycles. The third-order valence-electron chi connectivity index (χ3n) is 4.57. The minimum absolute atomic E-state index is 0.0209. The summed E-state index contributed by atoms with van der Waals surface area (Å²) in [6.45, 7) is 2.83. The molecular formula is C17H22N2O3S. The SMILES string of the molecule is O=C(/C=C/c1ccccc1)N1CCN([C@@H]2CCS(=O)(=O)C2)CC1. The minimum atomic E-state index is -2.85. The molecule has 0 bridgehead atoms. The quantitative estimate of drug-likeness (QED) is 0.775. The molecule has 0 N–H and O–H groups in total. The fourth-order valence-corrected chi connectivity index (χ4v) is 4.97. The van der Waals surface area contributed by atoms with Crippen LogP contribution in [0.1, 0.15) is 12.0 Å². The number of sulfone groups is 1. The third-order valence-corrected chi connectivity index (χ3v) is 6.32. The summed E-state index contributed by atoms with van der Waals surface area (Å²) in [5, 5.41) is 0. The van der Waals surface area contributed by atoms with Crippen molar-refractivity contribution in [3.05, 3.63) is 42.0 Å². The summed E-state index contributed by atoms with van der Waals surface area (Å²) in [5.41, 5.74) is 1.01. The molecule has 0 aromatic heterocycles. The highest BCUT2D eigenvalue weighted by Gasteiger charge is 2.34. The van der Waals surface area contributed by atoms with Gasteiger partial charge in [-0.3, -0.25) is 9.69 Å². The first-order chi connectivity index (χ1) is 11.0. The summed E-state index contributed by atoms with van der Waals surface area (Å²) in [6, 6.07) is 9.89. The number of nitrogens with zero attached hydrogens (tertiary/aromatic N) is 2. The number of hydrogen-bond acceptors (Lipinski definition) is 4. The van der Waals surface area contributed by atoms with Crippen molar-refractivity contribution in [2.75, 3.05) is 37.7 Å². The van der Waals surface area contributed by atoms with E-state index in [4.69, 9.17) is 0 Å². The molecule has 2 saturated heterocycles. The molecule has 1 aromatic rings. The maximum Gasteiger partial charge on any atom is 0.246 e. The Morgan fingerprint density at radius 3 is 2.39 bits per heavy atom. The van der Waals surface area contributed by atoms with Crippen LogP contribution in [0.15, 0.2) is 36.4 Å². The smallest absolute Gasteiger partial charge is 0.246 e. The lowest BCUT2D eigenvalue weighted by molar-refractivity contribution is -0.127. The van der Waals surface area contributed by atoms with Crippen LogP contribution in [-0.4, -0.2) is 67.9 Å². The van der Waals surface area contributed by atoms with Crippen molar-refractivity contribution >= 4 is 21.8 Å². The highest BCUT2D eigenvalue weighted by molar-refractivity contribution is 7.91. The Hall–Kier alpha value is -1.66. The van der Waals surface area contributed by atoms with Crippen LogP contribution in [0.5, 0.6) is 0 Å². The average Bonchev–Trinajstić information content (AvgIpc) is 2.94. The molecule has 5 nitrogen and oxygen atoms in total. The normalized spacial score (nSPS) is 25.0. The number of piperazine rings is 1. The van der Waals surface area contributed by atoms with Gasteiger partial charge in [-0.15, -0.1) is 0 Å². The van der Waals surface area contributed by atoms with Crippen molar-refractivity contribution < 1.29 is 13.2 Å². The number of hydrogen-bond donors (Lipinski definition) is 0. The average molecular weight is 334 g/mol. The lowest BCUT2D eigenvalue weighted by Gasteiger charge is -2.37. The predicted octanol–water partition coefficient (Wildman–Crippen LogP) is 1.03. The zero-order valence-corrected chi connectivity index (χ0v) is 13.9. The molecule has 2 fully saturated rings. The molecule has 1 amide bonds. The molecule has 2 heterocycles. The van der Waals surface area contributed by atoms with Gasteiger partial charge in [-0.05, 0) is 18.1 Å². The molecule has 0 aliphatic carbocycles. The fourth-order valence-electron chi connectivity index (χ4n) is 3.21. The Morgan fingerprint density at radius 1 is 1.09 bits per heavy atom. The maximum absolute atomic E-state index is 12.2. The van der Waals surface area contributed by atoms with Crippen LogP contribution in [0.2, 0.25) is 0 Å². The second kappa shape index (κ2) is 6.84. The highest BCUT2D eigenvalue weighted by atomic mass is 32.2. The van der Waals surface area contributed by atoms with E-state index in [0.717, 1.165) is 25.1 Å². The number of amides is 1. The molecule has 0 spiro atoms. The molecular weight excluding hydrogens is 312 g/mol. The van der Waals surface area contributed by atoms with Gasteiger partial charge in [0.15, 0.2) is 9.84 Å². The van der Waals surface area contributed by atoms with Crippen molar-refractivity contribution in [2.24, 2.45) is 0 Å². The van der Waals surface area contributed by atoms with Gasteiger partial charge >= 0.3 is 0 Å². The second-order valence-electron chi connectivity index (χ2n) is 6.16. The molecule has 1 atom stereocenters. The fraction of sp³-hybridized carbons (Fsp3) is 0.471. The summed E-state index contributed by atoms with van der Waals surface area (Å²) in [6.07, 6.45) is 4.17. The van der Waals surface area contributed by atoms with Crippen LogP contribution >= 0.6 is 0 Å². The van der Waals surface area contributed by atoms with Gasteiger partial charge in [-0.2, -0.15) is 0 Å². The lowest BCUT2D eigenvalue weighted by atomic mass is 10.2. The van der Waals surface area contributed by atoms with Crippen molar-refractivity contribution in [3.8, 4) is 0 Å². The maximum atomic E-state index is 12.2. The van der Waals surface area contributed by atoms with Crippen LogP contribution < -0.4 is 0 Å². The van der Waals surface area contributed by atoms with Gasteiger partial charge in [-0.1, -0.05) is 30.3 Å². The van der Waals surface area contributed by atoms with Gasteiger partial charge in [-0.25, -0.2) is 8.42 Å². The van der Waals surface area contributed by atoms with Gasteiger partial charge in [0, 0.05) is 38.3 Å². The summed E-state index contributed by atoms with van der Waals surface area (Å²) in [5.74, 6) is 0.596. The first-order valence-electron chi connectivity index (χ1n) is 8.00. The first kappa shape index (κ1) is 16.2. The number of benzene rings is 1. The van der Waals surface area contributed by atoms with Crippen LogP contribution in [0.3, 0.4) is 0 Å². The van der Waals surface area contributed by atoms with E-state index < -0.39 is 9.84 Å². The zero-order valence-electron chi connectivity index (χ0n) is 13.1. The van der Waals surface area contributed by atoms with E-state index in [0.29, 0.717) is 18.8 Å². The number of carbonyl (C=O) groups excluding carboxylic acids is 1. The summed E-state index contributed by atoms with van der Waals surface area (Å²) in [7, 11) is -2.85. The Bertz CT molecular complexity index is 677. The summed E-state index contributed by atoms with van der Waals surface area (Å²) in [4.78, 5) is 16.3. The van der Waals surface area contributed by atoms with Crippen molar-refractivity contribution in [3.63, 3.8) is 0 Å². The second-order valence-corrected chi connectivity index (χ2v) is 8.39. The van der Waals surface area contributed by atoms with Gasteiger partial charge in [0.25, 0.3) is 0 Å². The Morgan fingerprint density at radius 2 is 1.78 bits per heavy atom. The van der Waals surface area contributed by atoms with E-state index in [2.05, 4.69) is 4.90 Å². The van der Waals surface area contributed by atoms with E-state index in [1.165, 1.54) is 0 Å². The zero-order chi connectivity index (χ0) is 16.3. The Balaban J connectivity index is 1.51. The number of rotatable bonds is 3. The van der Waals surface area contributed by atoms with Gasteiger partial charge < -0.3 is 4.90 Å². The standard InChI is InChI=1S/C17H22N2O3S/c20-17(7-6-15-4-2-1-3-5-15)19-11-9-18(10-12-19)16-8-13-23(21,22)14-16/h1-7,16H,8-14H2/b7-6+/t16-/m1/s1. The predicted molar refractivity (Wildman–Crippen MR) is 90.7 cm³/mol. The minimum Gasteiger partial charge on any atom is -0.337 e. The van der Waals surface area contributed by atoms with Crippen LogP contribution in [0, 0.1) is 0 Å². The molecule has 0 radical (unpaired) electrons. The van der Waals surface area contributed by atoms with E-state index in [1.54, 1.807) is 6.08 Å². The van der Waals surface area contributed by atoms with Gasteiger partial charge in [0.1, 0.15) is 0 Å². The van der Waals surface area contributed by atoms with E-state index in [1.807, 2.05) is 41.3 Å². The summed E-state index contributed by atoms with van der Waals surface area (Å²) >= 11 is 0. The molecule has 3 rings (SSSR count). The monoisotopic (exact) mass is 334 g/mol. The van der Waals surface area contributed by atoms with Crippen LogP contribution in [-0.2, 0) is 14.6 Å². The van der Waals surface area contributed by atoms with E-state index >= 15 is 0 Å². The van der Waals surface area contributed by atoms with E-state index in [-0.39, 0.29) is 17.7 Å². The molecule has 6 heteroatoms. The van der Waals surface area contributed by atoms with Crippen molar-refractivity contribution in [1.82, 2.24) is 9.80 Å². The van der Waals surface area contributed by atoms with Gasteiger partial charge in [0.2, 0.25) is 5.91 Å². The molecule has 23 heavy (non-hydrogen) atoms. The highest BCUT2D eigenvalue weighted by Crippen LogP contribution is 2.19. The topological polar surface area (TPSA) is 57.7 Å². The van der Waals surface area contributed by atoms with E-state index in [9.17, 15) is 13.2 Å².